The molecule has 0 aromatic heterocycles. The number of methoxy groups -OCH3 is 1. The van der Waals surface area contributed by atoms with Crippen LogP contribution in [0.5, 0.6) is 0 Å². The van der Waals surface area contributed by atoms with Gasteiger partial charge in [-0.3, -0.25) is 9.59 Å². The summed E-state index contributed by atoms with van der Waals surface area (Å²) in [4.78, 5) is 37.9. The van der Waals surface area contributed by atoms with E-state index < -0.39 is 17.5 Å². The Morgan fingerprint density at radius 1 is 1.09 bits per heavy atom. The molecule has 2 aromatic rings. The molecule has 1 fully saturated rings. The highest BCUT2D eigenvalue weighted by Gasteiger charge is 2.46. The molecule has 0 saturated carbocycles. The van der Waals surface area contributed by atoms with Crippen molar-refractivity contribution < 1.29 is 29.0 Å². The lowest BCUT2D eigenvalue weighted by Gasteiger charge is -2.23. The zero-order valence-corrected chi connectivity index (χ0v) is 18.6. The molecular formula is C25H28N2O6. The van der Waals surface area contributed by atoms with Crippen LogP contribution in [0.2, 0.25) is 0 Å². The summed E-state index contributed by atoms with van der Waals surface area (Å²) in [5.41, 5.74) is 3.51. The predicted molar refractivity (Wildman–Crippen MR) is 121 cm³/mol. The number of rotatable bonds is 8. The maximum absolute atomic E-state index is 12.5. The van der Waals surface area contributed by atoms with Crippen molar-refractivity contribution >= 4 is 18.0 Å². The van der Waals surface area contributed by atoms with Gasteiger partial charge in [0.05, 0.1) is 6.61 Å². The third-order valence-electron chi connectivity index (χ3n) is 6.53. The number of nitrogens with one attached hydrogen (secondary N) is 1. The molecule has 0 radical (unpaired) electrons. The van der Waals surface area contributed by atoms with Crippen LogP contribution >= 0.6 is 0 Å². The summed E-state index contributed by atoms with van der Waals surface area (Å²) >= 11 is 0. The Morgan fingerprint density at radius 3 is 2.33 bits per heavy atom. The first-order chi connectivity index (χ1) is 15.9. The van der Waals surface area contributed by atoms with Crippen molar-refractivity contribution in [3.05, 3.63) is 59.7 Å². The largest absolute Gasteiger partial charge is 0.481 e. The van der Waals surface area contributed by atoms with E-state index in [1.807, 2.05) is 24.3 Å². The van der Waals surface area contributed by atoms with Crippen LogP contribution in [0.3, 0.4) is 0 Å². The second kappa shape index (κ2) is 9.62. The summed E-state index contributed by atoms with van der Waals surface area (Å²) in [7, 11) is 1.45. The summed E-state index contributed by atoms with van der Waals surface area (Å²) in [6, 6.07) is 16.2. The van der Waals surface area contributed by atoms with E-state index in [2.05, 4.69) is 29.6 Å². The number of hydrogen-bond acceptors (Lipinski definition) is 5. The van der Waals surface area contributed by atoms with Crippen LogP contribution in [-0.2, 0) is 19.1 Å². The molecule has 1 atom stereocenters. The minimum atomic E-state index is -1.06. The smallest absolute Gasteiger partial charge is 0.407 e. The lowest BCUT2D eigenvalue weighted by atomic mass is 9.88. The highest BCUT2D eigenvalue weighted by molar-refractivity contribution is 5.81. The Bertz CT molecular complexity index is 1010. The van der Waals surface area contributed by atoms with Crippen LogP contribution < -0.4 is 5.32 Å². The van der Waals surface area contributed by atoms with Gasteiger partial charge in [-0.15, -0.1) is 0 Å². The van der Waals surface area contributed by atoms with Crippen LogP contribution in [0, 0.1) is 5.41 Å². The molecule has 4 rings (SSSR count). The molecule has 1 unspecified atom stereocenters. The topological polar surface area (TPSA) is 105 Å². The normalized spacial score (nSPS) is 19.1. The average Bonchev–Trinajstić information content (AvgIpc) is 3.39. The first-order valence-electron chi connectivity index (χ1n) is 11.0. The number of likely N-dealkylation sites (tertiary alicyclic amines) is 1. The van der Waals surface area contributed by atoms with Gasteiger partial charge in [0, 0.05) is 39.1 Å². The second-order valence-electron chi connectivity index (χ2n) is 8.59. The Morgan fingerprint density at radius 2 is 1.73 bits per heavy atom. The van der Waals surface area contributed by atoms with Gasteiger partial charge in [0.1, 0.15) is 12.0 Å². The highest BCUT2D eigenvalue weighted by Crippen LogP contribution is 2.44. The Hall–Kier alpha value is -3.39. The van der Waals surface area contributed by atoms with E-state index in [0.29, 0.717) is 13.0 Å². The van der Waals surface area contributed by atoms with Crippen molar-refractivity contribution in [1.29, 1.82) is 0 Å². The maximum atomic E-state index is 12.5. The monoisotopic (exact) mass is 452 g/mol. The molecule has 1 heterocycles. The molecule has 33 heavy (non-hydrogen) atoms. The molecule has 8 heteroatoms. The summed E-state index contributed by atoms with van der Waals surface area (Å²) in [5.74, 6) is -1.19. The van der Waals surface area contributed by atoms with Gasteiger partial charge in [-0.2, -0.15) is 0 Å². The minimum Gasteiger partial charge on any atom is -0.481 e. The first kappa shape index (κ1) is 22.8. The maximum Gasteiger partial charge on any atom is 0.407 e. The summed E-state index contributed by atoms with van der Waals surface area (Å²) in [5, 5.41) is 12.2. The van der Waals surface area contributed by atoms with Crippen molar-refractivity contribution in [1.82, 2.24) is 10.2 Å². The number of hydrogen-bond donors (Lipinski definition) is 2. The number of amides is 2. The molecule has 2 amide bonds. The standard InChI is InChI=1S/C25H28N2O6/c1-32-16-25(23(29)30)11-13-27(15-25)22(28)10-12-26-24(31)33-14-21-19-8-4-2-6-17(19)18-7-3-5-9-20(18)21/h2-9,21H,10-16H2,1H3,(H,26,31)(H,29,30). The number of carboxylic acids is 1. The molecule has 1 aliphatic carbocycles. The summed E-state index contributed by atoms with van der Waals surface area (Å²) in [6.45, 7) is 0.859. The number of carbonyl (C=O) groups is 3. The van der Waals surface area contributed by atoms with Gasteiger partial charge in [0.2, 0.25) is 5.91 Å². The van der Waals surface area contributed by atoms with Crippen LogP contribution in [0.4, 0.5) is 4.79 Å². The lowest BCUT2D eigenvalue weighted by molar-refractivity contribution is -0.151. The van der Waals surface area contributed by atoms with Gasteiger partial charge >= 0.3 is 12.1 Å². The van der Waals surface area contributed by atoms with Crippen molar-refractivity contribution in [2.45, 2.75) is 18.8 Å². The number of alkyl carbamates (subject to hydrolysis) is 1. The van der Waals surface area contributed by atoms with Crippen LogP contribution in [0.25, 0.3) is 11.1 Å². The van der Waals surface area contributed by atoms with Crippen LogP contribution in [0.15, 0.2) is 48.5 Å². The van der Waals surface area contributed by atoms with Crippen molar-refractivity contribution in [2.75, 3.05) is 40.0 Å². The highest BCUT2D eigenvalue weighted by atomic mass is 16.5. The van der Waals surface area contributed by atoms with E-state index in [4.69, 9.17) is 9.47 Å². The molecule has 8 nitrogen and oxygen atoms in total. The third kappa shape index (κ3) is 4.57. The number of carbonyl (C=O) groups excluding carboxylic acids is 2. The van der Waals surface area contributed by atoms with Gasteiger partial charge in [-0.05, 0) is 28.7 Å². The van der Waals surface area contributed by atoms with Gasteiger partial charge < -0.3 is 24.8 Å². The SMILES string of the molecule is COCC1(C(=O)O)CCN(C(=O)CCNC(=O)OCC2c3ccccc3-c3ccccc32)C1. The van der Waals surface area contributed by atoms with Gasteiger partial charge in [-0.1, -0.05) is 48.5 Å². The lowest BCUT2D eigenvalue weighted by Crippen LogP contribution is -2.40. The second-order valence-corrected chi connectivity index (χ2v) is 8.59. The minimum absolute atomic E-state index is 0.0284. The Labute approximate surface area is 192 Å². The van der Waals surface area contributed by atoms with Crippen molar-refractivity contribution in [3.8, 4) is 11.1 Å². The van der Waals surface area contributed by atoms with Crippen LogP contribution in [-0.4, -0.2) is 67.9 Å². The Kier molecular flexibility index (Phi) is 6.65. The molecule has 1 saturated heterocycles. The van der Waals surface area contributed by atoms with Crippen molar-refractivity contribution in [2.24, 2.45) is 5.41 Å². The first-order valence-corrected chi connectivity index (χ1v) is 11.0. The van der Waals surface area contributed by atoms with E-state index >= 15 is 0 Å². The van der Waals surface area contributed by atoms with E-state index in [9.17, 15) is 19.5 Å². The molecule has 0 spiro atoms. The summed E-state index contributed by atoms with van der Waals surface area (Å²) < 4.78 is 10.5. The fraction of sp³-hybridized carbons (Fsp3) is 0.400. The molecule has 2 aromatic carbocycles. The zero-order valence-electron chi connectivity index (χ0n) is 18.6. The van der Waals surface area contributed by atoms with Crippen LogP contribution in [0.1, 0.15) is 29.9 Å². The number of ether oxygens (including phenoxy) is 2. The molecule has 1 aliphatic heterocycles. The third-order valence-corrected chi connectivity index (χ3v) is 6.53. The van der Waals surface area contributed by atoms with E-state index in [1.165, 1.54) is 12.0 Å². The van der Waals surface area contributed by atoms with Crippen molar-refractivity contribution in [3.63, 3.8) is 0 Å². The van der Waals surface area contributed by atoms with Gasteiger partial charge in [-0.25, -0.2) is 4.79 Å². The number of fused-ring (bicyclic) bond motifs is 3. The molecular weight excluding hydrogens is 424 g/mol. The summed E-state index contributed by atoms with van der Waals surface area (Å²) in [6.07, 6.45) is -0.153. The number of aliphatic carboxylic acids is 1. The van der Waals surface area contributed by atoms with Gasteiger partial charge in [0.15, 0.2) is 0 Å². The molecule has 174 valence electrons. The van der Waals surface area contributed by atoms with E-state index in [-0.39, 0.29) is 44.5 Å². The molecule has 2 N–H and O–H groups in total. The van der Waals surface area contributed by atoms with E-state index in [0.717, 1.165) is 22.3 Å². The zero-order chi connectivity index (χ0) is 23.4. The number of nitrogens with zero attached hydrogens (tertiary/aromatic N) is 1. The Balaban J connectivity index is 1.26. The number of carboxylic acid groups (broad SMARTS) is 1. The number of benzene rings is 2. The molecule has 0 bridgehead atoms. The fourth-order valence-corrected chi connectivity index (χ4v) is 4.79. The quantitative estimate of drug-likeness (QED) is 0.638. The molecule has 2 aliphatic rings. The average molecular weight is 453 g/mol. The van der Waals surface area contributed by atoms with E-state index in [1.54, 1.807) is 0 Å². The fourth-order valence-electron chi connectivity index (χ4n) is 4.79. The van der Waals surface area contributed by atoms with Gasteiger partial charge in [0.25, 0.3) is 0 Å². The predicted octanol–water partition coefficient (Wildman–Crippen LogP) is 2.86.